The van der Waals surface area contributed by atoms with Gasteiger partial charge in [-0.2, -0.15) is 0 Å². The van der Waals surface area contributed by atoms with Gasteiger partial charge < -0.3 is 14.8 Å². The number of aryl methyl sites for hydroxylation is 1. The summed E-state index contributed by atoms with van der Waals surface area (Å²) in [5.41, 5.74) is 0.613. The van der Waals surface area contributed by atoms with Crippen LogP contribution in [0.15, 0.2) is 17.0 Å². The van der Waals surface area contributed by atoms with Crippen LogP contribution < -0.4 is 19.5 Å². The van der Waals surface area contributed by atoms with Gasteiger partial charge in [0.05, 0.1) is 19.1 Å². The van der Waals surface area contributed by atoms with Crippen LogP contribution in [0.1, 0.15) is 18.9 Å². The molecule has 0 spiro atoms. The highest BCUT2D eigenvalue weighted by Crippen LogP contribution is 2.32. The zero-order valence-electron chi connectivity index (χ0n) is 13.0. The Hall–Kier alpha value is -1.31. The second kappa shape index (κ2) is 8.21. The lowest BCUT2D eigenvalue weighted by molar-refractivity contribution is 0.353. The van der Waals surface area contributed by atoms with Gasteiger partial charge in [-0.1, -0.05) is 6.92 Å². The van der Waals surface area contributed by atoms with E-state index in [1.54, 1.807) is 13.0 Å². The molecule has 0 amide bonds. The molecule has 0 unspecified atom stereocenters. The number of nitrogens with one attached hydrogen (secondary N) is 2. The topological polar surface area (TPSA) is 76.7 Å². The Labute approximate surface area is 126 Å². The van der Waals surface area contributed by atoms with E-state index in [1.807, 2.05) is 0 Å². The molecule has 0 bridgehead atoms. The second-order valence-corrected chi connectivity index (χ2v) is 6.36. The van der Waals surface area contributed by atoms with E-state index in [2.05, 4.69) is 17.0 Å². The van der Waals surface area contributed by atoms with Gasteiger partial charge in [0.1, 0.15) is 0 Å². The highest BCUT2D eigenvalue weighted by Gasteiger charge is 2.19. The number of hydrogen-bond donors (Lipinski definition) is 2. The van der Waals surface area contributed by atoms with Crippen LogP contribution in [0.2, 0.25) is 0 Å². The standard InChI is InChI=1S/C14H24N2O4S/c1-5-6-15-7-8-16-21(17,18)14-10-13(20-4)12(19-3)9-11(14)2/h9-10,15-16H,5-8H2,1-4H3. The van der Waals surface area contributed by atoms with Gasteiger partial charge in [-0.3, -0.25) is 0 Å². The fourth-order valence-corrected chi connectivity index (χ4v) is 3.18. The minimum atomic E-state index is -3.56. The number of hydrogen-bond acceptors (Lipinski definition) is 5. The Morgan fingerprint density at radius 1 is 1.05 bits per heavy atom. The number of ether oxygens (including phenoxy) is 2. The highest BCUT2D eigenvalue weighted by molar-refractivity contribution is 7.89. The Morgan fingerprint density at radius 2 is 1.67 bits per heavy atom. The SMILES string of the molecule is CCCNCCNS(=O)(=O)c1cc(OC)c(OC)cc1C. The van der Waals surface area contributed by atoms with Gasteiger partial charge in [-0.05, 0) is 31.5 Å². The summed E-state index contributed by atoms with van der Waals surface area (Å²) >= 11 is 0. The summed E-state index contributed by atoms with van der Waals surface area (Å²) in [7, 11) is -0.566. The summed E-state index contributed by atoms with van der Waals surface area (Å²) in [4.78, 5) is 0.204. The predicted octanol–water partition coefficient (Wildman–Crippen LogP) is 1.29. The molecule has 120 valence electrons. The summed E-state index contributed by atoms with van der Waals surface area (Å²) in [6.07, 6.45) is 1.02. The van der Waals surface area contributed by atoms with Crippen molar-refractivity contribution in [2.24, 2.45) is 0 Å². The van der Waals surface area contributed by atoms with Gasteiger partial charge in [0.15, 0.2) is 11.5 Å². The van der Waals surface area contributed by atoms with Gasteiger partial charge in [0, 0.05) is 19.2 Å². The van der Waals surface area contributed by atoms with Crippen molar-refractivity contribution in [2.75, 3.05) is 33.9 Å². The third kappa shape index (κ3) is 4.87. The lowest BCUT2D eigenvalue weighted by Gasteiger charge is -2.14. The van der Waals surface area contributed by atoms with Gasteiger partial charge >= 0.3 is 0 Å². The van der Waals surface area contributed by atoms with Crippen molar-refractivity contribution in [1.82, 2.24) is 10.0 Å². The van der Waals surface area contributed by atoms with Gasteiger partial charge in [0.25, 0.3) is 0 Å². The first-order valence-electron chi connectivity index (χ1n) is 6.89. The van der Waals surface area contributed by atoms with Gasteiger partial charge in [0.2, 0.25) is 10.0 Å². The van der Waals surface area contributed by atoms with Gasteiger partial charge in [-0.25, -0.2) is 13.1 Å². The largest absolute Gasteiger partial charge is 0.493 e. The first-order chi connectivity index (χ1) is 9.96. The molecule has 7 heteroatoms. The number of sulfonamides is 1. The Balaban J connectivity index is 2.87. The van der Waals surface area contributed by atoms with Crippen LogP contribution in [0.5, 0.6) is 11.5 Å². The molecule has 1 rings (SSSR count). The van der Waals surface area contributed by atoms with Crippen molar-refractivity contribution < 1.29 is 17.9 Å². The third-order valence-corrected chi connectivity index (χ3v) is 4.59. The molecule has 0 saturated carbocycles. The van der Waals surface area contributed by atoms with E-state index in [0.29, 0.717) is 30.2 Å². The minimum Gasteiger partial charge on any atom is -0.493 e. The molecule has 0 aliphatic heterocycles. The molecule has 6 nitrogen and oxygen atoms in total. The lowest BCUT2D eigenvalue weighted by Crippen LogP contribution is -2.32. The molecule has 0 aliphatic rings. The third-order valence-electron chi connectivity index (χ3n) is 2.99. The van der Waals surface area contributed by atoms with Gasteiger partial charge in [-0.15, -0.1) is 0 Å². The smallest absolute Gasteiger partial charge is 0.241 e. The molecule has 0 atom stereocenters. The first kappa shape index (κ1) is 17.7. The van der Waals surface area contributed by atoms with E-state index in [9.17, 15) is 8.42 Å². The van der Waals surface area contributed by atoms with Crippen LogP contribution in [-0.2, 0) is 10.0 Å². The van der Waals surface area contributed by atoms with Crippen LogP contribution in [0.3, 0.4) is 0 Å². The Morgan fingerprint density at radius 3 is 2.24 bits per heavy atom. The van der Waals surface area contributed by atoms with Crippen LogP contribution in [0.4, 0.5) is 0 Å². The van der Waals surface area contributed by atoms with E-state index < -0.39 is 10.0 Å². The summed E-state index contributed by atoms with van der Waals surface area (Å²) in [6.45, 7) is 5.60. The zero-order chi connectivity index (χ0) is 15.9. The monoisotopic (exact) mass is 316 g/mol. The van der Waals surface area contributed by atoms with Crippen molar-refractivity contribution in [1.29, 1.82) is 0 Å². The van der Waals surface area contributed by atoms with Crippen LogP contribution in [0.25, 0.3) is 0 Å². The average molecular weight is 316 g/mol. The molecular formula is C14H24N2O4S. The summed E-state index contributed by atoms with van der Waals surface area (Å²) in [6, 6.07) is 3.14. The molecule has 0 aliphatic carbocycles. The molecule has 0 radical (unpaired) electrons. The van der Waals surface area contributed by atoms with Crippen molar-refractivity contribution in [3.8, 4) is 11.5 Å². The molecule has 0 aromatic heterocycles. The quantitative estimate of drug-likeness (QED) is 0.671. The fraction of sp³-hybridized carbons (Fsp3) is 0.571. The average Bonchev–Trinajstić information content (AvgIpc) is 2.46. The maximum absolute atomic E-state index is 12.3. The van der Waals surface area contributed by atoms with Crippen LogP contribution in [0, 0.1) is 6.92 Å². The number of rotatable bonds is 9. The zero-order valence-corrected chi connectivity index (χ0v) is 13.8. The van der Waals surface area contributed by atoms with Crippen LogP contribution in [-0.4, -0.2) is 42.3 Å². The first-order valence-corrected chi connectivity index (χ1v) is 8.37. The van der Waals surface area contributed by atoms with Crippen LogP contribution >= 0.6 is 0 Å². The number of benzene rings is 1. The Bertz CT molecular complexity index is 558. The normalized spacial score (nSPS) is 11.4. The number of methoxy groups -OCH3 is 2. The maximum Gasteiger partial charge on any atom is 0.241 e. The summed E-state index contributed by atoms with van der Waals surface area (Å²) in [5, 5.41) is 3.14. The molecule has 1 aromatic rings. The van der Waals surface area contributed by atoms with E-state index in [0.717, 1.165) is 13.0 Å². The molecule has 1 aromatic carbocycles. The van der Waals surface area contributed by atoms with E-state index in [1.165, 1.54) is 20.3 Å². The molecule has 0 saturated heterocycles. The van der Waals surface area contributed by atoms with E-state index in [4.69, 9.17) is 9.47 Å². The van der Waals surface area contributed by atoms with E-state index in [-0.39, 0.29) is 4.90 Å². The minimum absolute atomic E-state index is 0.204. The van der Waals surface area contributed by atoms with Crippen molar-refractivity contribution in [2.45, 2.75) is 25.2 Å². The second-order valence-electron chi connectivity index (χ2n) is 4.62. The predicted molar refractivity (Wildman–Crippen MR) is 82.6 cm³/mol. The molecular weight excluding hydrogens is 292 g/mol. The summed E-state index contributed by atoms with van der Waals surface area (Å²) in [5.74, 6) is 0.908. The summed E-state index contributed by atoms with van der Waals surface area (Å²) < 4.78 is 37.5. The van der Waals surface area contributed by atoms with Crippen molar-refractivity contribution in [3.05, 3.63) is 17.7 Å². The van der Waals surface area contributed by atoms with E-state index >= 15 is 0 Å². The molecule has 0 heterocycles. The van der Waals surface area contributed by atoms with Crippen molar-refractivity contribution in [3.63, 3.8) is 0 Å². The van der Waals surface area contributed by atoms with Crippen molar-refractivity contribution >= 4 is 10.0 Å². The molecule has 21 heavy (non-hydrogen) atoms. The lowest BCUT2D eigenvalue weighted by atomic mass is 10.2. The fourth-order valence-electron chi connectivity index (χ4n) is 1.90. The maximum atomic E-state index is 12.3. The highest BCUT2D eigenvalue weighted by atomic mass is 32.2. The molecule has 0 fully saturated rings. The molecule has 2 N–H and O–H groups in total. The Kier molecular flexibility index (Phi) is 6.94.